The molecule has 0 aromatic heterocycles. The zero-order valence-corrected chi connectivity index (χ0v) is 9.97. The third kappa shape index (κ3) is 2.59. The summed E-state index contributed by atoms with van der Waals surface area (Å²) in [6.45, 7) is 2.14. The molecule has 0 spiro atoms. The topological polar surface area (TPSA) is 34.1 Å². The van der Waals surface area contributed by atoms with Gasteiger partial charge in [-0.3, -0.25) is 0 Å². The second-order valence-electron chi connectivity index (χ2n) is 3.54. The van der Waals surface area contributed by atoms with Gasteiger partial charge in [0, 0.05) is 16.9 Å². The second kappa shape index (κ2) is 4.64. The molecule has 0 aliphatic heterocycles. The molecule has 1 aromatic carbocycles. The molecule has 0 saturated heterocycles. The van der Waals surface area contributed by atoms with Crippen LogP contribution in [0.5, 0.6) is 0 Å². The van der Waals surface area contributed by atoms with Crippen molar-refractivity contribution in [2.24, 2.45) is 0 Å². The summed E-state index contributed by atoms with van der Waals surface area (Å²) in [6.07, 6.45) is 0. The SMILES string of the molecule is CCS(=O)(=O)Cc1c(F)c(F)c(C)c(F)c1F. The average molecular weight is 270 g/mol. The van der Waals surface area contributed by atoms with Crippen molar-refractivity contribution < 1.29 is 26.0 Å². The molecule has 0 aliphatic rings. The van der Waals surface area contributed by atoms with Crippen LogP contribution in [0.3, 0.4) is 0 Å². The molecular weight excluding hydrogens is 260 g/mol. The first-order valence-corrected chi connectivity index (χ1v) is 6.55. The average Bonchev–Trinajstić information content (AvgIpc) is 2.30. The van der Waals surface area contributed by atoms with Crippen LogP contribution in [-0.4, -0.2) is 14.2 Å². The van der Waals surface area contributed by atoms with E-state index in [2.05, 4.69) is 0 Å². The Kier molecular flexibility index (Phi) is 3.81. The lowest BCUT2D eigenvalue weighted by molar-refractivity contribution is 0.434. The third-order valence-electron chi connectivity index (χ3n) is 2.38. The summed E-state index contributed by atoms with van der Waals surface area (Å²) in [5, 5.41) is 0. The molecule has 0 radical (unpaired) electrons. The molecule has 96 valence electrons. The van der Waals surface area contributed by atoms with Crippen LogP contribution in [0.25, 0.3) is 0 Å². The fourth-order valence-corrected chi connectivity index (χ4v) is 2.13. The highest BCUT2D eigenvalue weighted by Gasteiger charge is 2.25. The summed E-state index contributed by atoms with van der Waals surface area (Å²) < 4.78 is 75.3. The Hall–Kier alpha value is -1.11. The van der Waals surface area contributed by atoms with Crippen LogP contribution in [0.4, 0.5) is 17.6 Å². The van der Waals surface area contributed by atoms with Gasteiger partial charge in [0.1, 0.15) is 0 Å². The molecule has 1 rings (SSSR count). The zero-order chi connectivity index (χ0) is 13.4. The van der Waals surface area contributed by atoms with Crippen LogP contribution in [0.2, 0.25) is 0 Å². The maximum Gasteiger partial charge on any atom is 0.166 e. The molecule has 0 aliphatic carbocycles. The van der Waals surface area contributed by atoms with E-state index in [1.165, 1.54) is 6.92 Å². The van der Waals surface area contributed by atoms with Gasteiger partial charge in [-0.2, -0.15) is 0 Å². The van der Waals surface area contributed by atoms with Crippen LogP contribution in [0.1, 0.15) is 18.1 Å². The first-order valence-electron chi connectivity index (χ1n) is 4.73. The molecule has 0 amide bonds. The smallest absolute Gasteiger partial charge is 0.166 e. The highest BCUT2D eigenvalue weighted by molar-refractivity contribution is 7.90. The molecule has 0 fully saturated rings. The lowest BCUT2D eigenvalue weighted by Gasteiger charge is -2.09. The van der Waals surface area contributed by atoms with Crippen LogP contribution < -0.4 is 0 Å². The summed E-state index contributed by atoms with van der Waals surface area (Å²) >= 11 is 0. The van der Waals surface area contributed by atoms with E-state index in [-0.39, 0.29) is 5.75 Å². The molecule has 0 N–H and O–H groups in total. The minimum absolute atomic E-state index is 0.372. The van der Waals surface area contributed by atoms with Crippen LogP contribution in [0, 0.1) is 30.2 Å². The predicted molar refractivity (Wildman–Crippen MR) is 54.2 cm³/mol. The van der Waals surface area contributed by atoms with E-state index in [0.29, 0.717) is 0 Å². The van der Waals surface area contributed by atoms with E-state index in [1.807, 2.05) is 0 Å². The summed E-state index contributed by atoms with van der Waals surface area (Å²) in [4.78, 5) is 0. The van der Waals surface area contributed by atoms with Crippen molar-refractivity contribution in [1.82, 2.24) is 0 Å². The van der Waals surface area contributed by atoms with Gasteiger partial charge in [0.2, 0.25) is 0 Å². The van der Waals surface area contributed by atoms with Gasteiger partial charge in [-0.25, -0.2) is 26.0 Å². The summed E-state index contributed by atoms with van der Waals surface area (Å²) in [6, 6.07) is 0. The highest BCUT2D eigenvalue weighted by Crippen LogP contribution is 2.25. The standard InChI is InChI=1S/C10H10F4O2S/c1-3-17(15,16)4-6-9(13)7(11)5(2)8(12)10(6)14/h3-4H2,1-2H3. The van der Waals surface area contributed by atoms with Gasteiger partial charge in [-0.15, -0.1) is 0 Å². The fourth-order valence-electron chi connectivity index (χ4n) is 1.24. The summed E-state index contributed by atoms with van der Waals surface area (Å²) in [5.41, 5.74) is -1.90. The normalized spacial score (nSPS) is 11.9. The Labute approximate surface area is 96.2 Å². The molecule has 7 heteroatoms. The first-order chi connectivity index (χ1) is 7.71. The number of hydrogen-bond acceptors (Lipinski definition) is 2. The van der Waals surface area contributed by atoms with Gasteiger partial charge >= 0.3 is 0 Å². The van der Waals surface area contributed by atoms with Crippen LogP contribution >= 0.6 is 0 Å². The molecule has 0 atom stereocenters. The van der Waals surface area contributed by atoms with Crippen molar-refractivity contribution in [3.8, 4) is 0 Å². The van der Waals surface area contributed by atoms with Crippen molar-refractivity contribution >= 4 is 9.84 Å². The Balaban J connectivity index is 3.45. The van der Waals surface area contributed by atoms with Crippen molar-refractivity contribution in [2.45, 2.75) is 19.6 Å². The van der Waals surface area contributed by atoms with Gasteiger partial charge in [0.25, 0.3) is 0 Å². The molecule has 17 heavy (non-hydrogen) atoms. The van der Waals surface area contributed by atoms with E-state index >= 15 is 0 Å². The lowest BCUT2D eigenvalue weighted by atomic mass is 10.1. The van der Waals surface area contributed by atoms with Gasteiger partial charge in [0.05, 0.1) is 5.75 Å². The fraction of sp³-hybridized carbons (Fsp3) is 0.400. The highest BCUT2D eigenvalue weighted by atomic mass is 32.2. The minimum atomic E-state index is -3.78. The van der Waals surface area contributed by atoms with E-state index < -0.39 is 50.0 Å². The third-order valence-corrected chi connectivity index (χ3v) is 3.99. The molecule has 0 unspecified atom stereocenters. The van der Waals surface area contributed by atoms with E-state index in [9.17, 15) is 26.0 Å². The molecule has 2 nitrogen and oxygen atoms in total. The van der Waals surface area contributed by atoms with E-state index in [0.717, 1.165) is 6.92 Å². The number of halogens is 4. The summed E-state index contributed by atoms with van der Waals surface area (Å²) in [5.74, 6) is -7.87. The van der Waals surface area contributed by atoms with Crippen molar-refractivity contribution in [1.29, 1.82) is 0 Å². The maximum atomic E-state index is 13.3. The largest absolute Gasteiger partial charge is 0.229 e. The molecule has 0 saturated carbocycles. The van der Waals surface area contributed by atoms with Gasteiger partial charge in [-0.1, -0.05) is 6.92 Å². The van der Waals surface area contributed by atoms with Crippen molar-refractivity contribution in [2.75, 3.05) is 5.75 Å². The molecule has 0 heterocycles. The second-order valence-corrected chi connectivity index (χ2v) is 5.89. The molecular formula is C10H10F4O2S. The first kappa shape index (κ1) is 14.0. The Morgan fingerprint density at radius 3 is 1.71 bits per heavy atom. The Morgan fingerprint density at radius 2 is 1.35 bits per heavy atom. The molecule has 1 aromatic rings. The van der Waals surface area contributed by atoms with E-state index in [4.69, 9.17) is 0 Å². The van der Waals surface area contributed by atoms with Gasteiger partial charge in [-0.05, 0) is 6.92 Å². The van der Waals surface area contributed by atoms with Crippen molar-refractivity contribution in [3.63, 3.8) is 0 Å². The molecule has 0 bridgehead atoms. The van der Waals surface area contributed by atoms with Crippen LogP contribution in [0.15, 0.2) is 0 Å². The monoisotopic (exact) mass is 270 g/mol. The lowest BCUT2D eigenvalue weighted by Crippen LogP contribution is -2.13. The Bertz CT molecular complexity index is 523. The summed E-state index contributed by atoms with van der Waals surface area (Å²) in [7, 11) is -3.78. The van der Waals surface area contributed by atoms with Gasteiger partial charge < -0.3 is 0 Å². The number of rotatable bonds is 3. The number of benzene rings is 1. The number of hydrogen-bond donors (Lipinski definition) is 0. The van der Waals surface area contributed by atoms with Crippen LogP contribution in [-0.2, 0) is 15.6 Å². The minimum Gasteiger partial charge on any atom is -0.229 e. The Morgan fingerprint density at radius 1 is 0.941 bits per heavy atom. The predicted octanol–water partition coefficient (Wildman–Crippen LogP) is 2.49. The zero-order valence-electron chi connectivity index (χ0n) is 9.15. The van der Waals surface area contributed by atoms with Gasteiger partial charge in [0.15, 0.2) is 33.1 Å². The number of sulfone groups is 1. The quantitative estimate of drug-likeness (QED) is 0.624. The van der Waals surface area contributed by atoms with Crippen molar-refractivity contribution in [3.05, 3.63) is 34.4 Å². The van der Waals surface area contributed by atoms with E-state index in [1.54, 1.807) is 0 Å². The maximum absolute atomic E-state index is 13.3.